The summed E-state index contributed by atoms with van der Waals surface area (Å²) in [6.45, 7) is 0.677. The van der Waals surface area contributed by atoms with Gasteiger partial charge >= 0.3 is 0 Å². The largest absolute Gasteiger partial charge is 0.508 e. The van der Waals surface area contributed by atoms with Gasteiger partial charge in [0.2, 0.25) is 0 Å². The predicted octanol–water partition coefficient (Wildman–Crippen LogP) is 4.18. The Hall–Kier alpha value is -3.07. The summed E-state index contributed by atoms with van der Waals surface area (Å²) in [5.74, 6) is 0.266. The Bertz CT molecular complexity index is 887. The minimum Gasteiger partial charge on any atom is -0.508 e. The minimum atomic E-state index is -0.141. The van der Waals surface area contributed by atoms with Gasteiger partial charge in [0, 0.05) is 12.1 Å². The number of fused-ring (bicyclic) bond motifs is 1. The first-order valence-electron chi connectivity index (χ1n) is 8.47. The number of hydrogen-bond acceptors (Lipinski definition) is 2. The Morgan fingerprint density at radius 2 is 1.56 bits per heavy atom. The van der Waals surface area contributed by atoms with E-state index < -0.39 is 0 Å². The summed E-state index contributed by atoms with van der Waals surface area (Å²) in [6.07, 6.45) is 0.851. The normalized spacial score (nSPS) is 16.3. The summed E-state index contributed by atoms with van der Waals surface area (Å²) in [5.41, 5.74) is 4.14. The Balaban J connectivity index is 1.80. The van der Waals surface area contributed by atoms with Crippen molar-refractivity contribution in [3.8, 4) is 5.75 Å². The molecule has 1 aliphatic rings. The first kappa shape index (κ1) is 15.5. The van der Waals surface area contributed by atoms with Gasteiger partial charge in [0.05, 0.1) is 6.04 Å². The molecule has 1 amide bonds. The van der Waals surface area contributed by atoms with Gasteiger partial charge in [-0.3, -0.25) is 4.79 Å². The molecule has 0 fully saturated rings. The van der Waals surface area contributed by atoms with Gasteiger partial charge in [-0.05, 0) is 47.4 Å². The quantitative estimate of drug-likeness (QED) is 0.766. The van der Waals surface area contributed by atoms with Crippen LogP contribution in [0.2, 0.25) is 0 Å². The molecule has 3 aromatic rings. The number of rotatable bonds is 2. The molecule has 0 aliphatic carbocycles. The van der Waals surface area contributed by atoms with E-state index in [1.54, 1.807) is 12.1 Å². The van der Waals surface area contributed by atoms with Crippen molar-refractivity contribution in [2.45, 2.75) is 12.5 Å². The molecule has 1 unspecified atom stereocenters. The molecule has 1 N–H and O–H groups in total. The SMILES string of the molecule is O=C(c1ccccc1)N1CCc2ccccc2C1c1ccc(O)cc1. The Morgan fingerprint density at radius 3 is 2.32 bits per heavy atom. The second kappa shape index (κ2) is 6.44. The van der Waals surface area contributed by atoms with Crippen LogP contribution in [-0.2, 0) is 6.42 Å². The third-order valence-corrected chi connectivity index (χ3v) is 4.77. The standard InChI is InChI=1S/C22H19NO2/c24-19-12-10-17(11-13-19)21-20-9-5-4-6-16(20)14-15-23(21)22(25)18-7-2-1-3-8-18/h1-13,21,24H,14-15H2. The third kappa shape index (κ3) is 2.89. The highest BCUT2D eigenvalue weighted by Crippen LogP contribution is 2.36. The Kier molecular flexibility index (Phi) is 3.98. The van der Waals surface area contributed by atoms with Crippen molar-refractivity contribution in [3.63, 3.8) is 0 Å². The second-order valence-corrected chi connectivity index (χ2v) is 6.31. The highest BCUT2D eigenvalue weighted by molar-refractivity contribution is 5.95. The maximum absolute atomic E-state index is 13.1. The Labute approximate surface area is 147 Å². The number of carbonyl (C=O) groups is 1. The molecule has 4 rings (SSSR count). The fraction of sp³-hybridized carbons (Fsp3) is 0.136. The average Bonchev–Trinajstić information content (AvgIpc) is 2.68. The Morgan fingerprint density at radius 1 is 0.880 bits per heavy atom. The molecule has 0 saturated heterocycles. The molecule has 1 aliphatic heterocycles. The van der Waals surface area contributed by atoms with Gasteiger partial charge in [-0.25, -0.2) is 0 Å². The summed E-state index contributed by atoms with van der Waals surface area (Å²) in [7, 11) is 0. The summed E-state index contributed by atoms with van der Waals surface area (Å²) in [5, 5.41) is 9.62. The van der Waals surface area contributed by atoms with Gasteiger partial charge in [-0.2, -0.15) is 0 Å². The zero-order valence-electron chi connectivity index (χ0n) is 13.8. The van der Waals surface area contributed by atoms with E-state index in [1.165, 1.54) is 5.56 Å². The molecular formula is C22H19NO2. The summed E-state index contributed by atoms with van der Waals surface area (Å²) in [4.78, 5) is 15.1. The zero-order chi connectivity index (χ0) is 17.2. The maximum atomic E-state index is 13.1. The number of amides is 1. The van der Waals surface area contributed by atoms with Crippen LogP contribution in [-0.4, -0.2) is 22.5 Å². The van der Waals surface area contributed by atoms with E-state index in [9.17, 15) is 9.90 Å². The molecule has 0 spiro atoms. The molecule has 0 radical (unpaired) electrons. The van der Waals surface area contributed by atoms with Crippen LogP contribution in [0.4, 0.5) is 0 Å². The van der Waals surface area contributed by atoms with E-state index in [2.05, 4.69) is 12.1 Å². The number of phenols is 1. The maximum Gasteiger partial charge on any atom is 0.254 e. The van der Waals surface area contributed by atoms with Crippen LogP contribution in [0.5, 0.6) is 5.75 Å². The van der Waals surface area contributed by atoms with Crippen molar-refractivity contribution >= 4 is 5.91 Å². The van der Waals surface area contributed by atoms with E-state index in [0.29, 0.717) is 12.1 Å². The van der Waals surface area contributed by atoms with Crippen LogP contribution in [0.3, 0.4) is 0 Å². The molecule has 0 saturated carbocycles. The molecule has 124 valence electrons. The van der Waals surface area contributed by atoms with Crippen LogP contribution >= 0.6 is 0 Å². The van der Waals surface area contributed by atoms with E-state index in [4.69, 9.17) is 0 Å². The van der Waals surface area contributed by atoms with Crippen molar-refractivity contribution in [2.75, 3.05) is 6.54 Å². The molecule has 3 heteroatoms. The van der Waals surface area contributed by atoms with Crippen molar-refractivity contribution < 1.29 is 9.90 Å². The van der Waals surface area contributed by atoms with Gasteiger partial charge in [0.1, 0.15) is 5.75 Å². The number of hydrogen-bond donors (Lipinski definition) is 1. The smallest absolute Gasteiger partial charge is 0.254 e. The zero-order valence-corrected chi connectivity index (χ0v) is 13.8. The molecule has 3 aromatic carbocycles. The number of benzene rings is 3. The molecule has 25 heavy (non-hydrogen) atoms. The van der Waals surface area contributed by atoms with E-state index in [0.717, 1.165) is 17.5 Å². The highest BCUT2D eigenvalue weighted by Gasteiger charge is 2.32. The first-order valence-corrected chi connectivity index (χ1v) is 8.47. The number of aromatic hydroxyl groups is 1. The van der Waals surface area contributed by atoms with Crippen LogP contribution in [0, 0.1) is 0 Å². The lowest BCUT2D eigenvalue weighted by atomic mass is 9.87. The lowest BCUT2D eigenvalue weighted by molar-refractivity contribution is 0.0694. The first-order chi connectivity index (χ1) is 12.2. The van der Waals surface area contributed by atoms with E-state index >= 15 is 0 Å². The summed E-state index contributed by atoms with van der Waals surface area (Å²) >= 11 is 0. The fourth-order valence-electron chi connectivity index (χ4n) is 3.55. The molecule has 3 nitrogen and oxygen atoms in total. The average molecular weight is 329 g/mol. The van der Waals surface area contributed by atoms with Crippen molar-refractivity contribution in [1.29, 1.82) is 0 Å². The van der Waals surface area contributed by atoms with Gasteiger partial charge in [-0.1, -0.05) is 54.6 Å². The number of carbonyl (C=O) groups excluding carboxylic acids is 1. The monoisotopic (exact) mass is 329 g/mol. The molecule has 1 heterocycles. The summed E-state index contributed by atoms with van der Waals surface area (Å²) in [6, 6.07) is 24.7. The molecule has 1 atom stereocenters. The van der Waals surface area contributed by atoms with Crippen molar-refractivity contribution in [1.82, 2.24) is 4.90 Å². The molecule has 0 bridgehead atoms. The lowest BCUT2D eigenvalue weighted by Gasteiger charge is -2.38. The van der Waals surface area contributed by atoms with Crippen LogP contribution in [0.15, 0.2) is 78.9 Å². The number of phenolic OH excluding ortho intramolecular Hbond substituents is 1. The van der Waals surface area contributed by atoms with Gasteiger partial charge in [-0.15, -0.1) is 0 Å². The highest BCUT2D eigenvalue weighted by atomic mass is 16.3. The predicted molar refractivity (Wildman–Crippen MR) is 97.6 cm³/mol. The van der Waals surface area contributed by atoms with E-state index in [1.807, 2.05) is 59.5 Å². The van der Waals surface area contributed by atoms with Gasteiger partial charge in [0.15, 0.2) is 0 Å². The van der Waals surface area contributed by atoms with Crippen LogP contribution in [0.1, 0.15) is 33.1 Å². The van der Waals surface area contributed by atoms with Crippen molar-refractivity contribution in [3.05, 3.63) is 101 Å². The van der Waals surface area contributed by atoms with Crippen molar-refractivity contribution in [2.24, 2.45) is 0 Å². The third-order valence-electron chi connectivity index (χ3n) is 4.77. The minimum absolute atomic E-state index is 0.0354. The topological polar surface area (TPSA) is 40.5 Å². The van der Waals surface area contributed by atoms with E-state index in [-0.39, 0.29) is 17.7 Å². The van der Waals surface area contributed by atoms with Crippen LogP contribution < -0.4 is 0 Å². The molecule has 0 aromatic heterocycles. The lowest BCUT2D eigenvalue weighted by Crippen LogP contribution is -2.40. The van der Waals surface area contributed by atoms with Gasteiger partial charge in [0.25, 0.3) is 5.91 Å². The summed E-state index contributed by atoms with van der Waals surface area (Å²) < 4.78 is 0. The van der Waals surface area contributed by atoms with Crippen LogP contribution in [0.25, 0.3) is 0 Å². The molecular weight excluding hydrogens is 310 g/mol. The fourth-order valence-corrected chi connectivity index (χ4v) is 3.55. The van der Waals surface area contributed by atoms with Gasteiger partial charge < -0.3 is 10.0 Å². The number of nitrogens with zero attached hydrogens (tertiary/aromatic N) is 1. The second-order valence-electron chi connectivity index (χ2n) is 6.31.